The van der Waals surface area contributed by atoms with Crippen LogP contribution in [0.5, 0.6) is 0 Å². The van der Waals surface area contributed by atoms with Crippen molar-refractivity contribution in [1.29, 1.82) is 0 Å². The predicted molar refractivity (Wildman–Crippen MR) is 60.1 cm³/mol. The summed E-state index contributed by atoms with van der Waals surface area (Å²) in [7, 11) is 0. The number of hydrogen-bond donors (Lipinski definition) is 2. The predicted octanol–water partition coefficient (Wildman–Crippen LogP) is 0.308. The number of rotatable bonds is 4. The molecule has 1 rings (SSSR count). The monoisotopic (exact) mass is 228 g/mol. The molecule has 0 aromatic heterocycles. The second kappa shape index (κ2) is 5.84. The smallest absolute Gasteiger partial charge is 0.308 e. The van der Waals surface area contributed by atoms with Gasteiger partial charge in [0.1, 0.15) is 0 Å². The number of nitrogens with one attached hydrogen (secondary N) is 1. The number of nitrogens with zero attached hydrogens (tertiary/aromatic N) is 1. The molecule has 1 saturated heterocycles. The molecule has 2 N–H and O–H groups in total. The lowest BCUT2D eigenvalue weighted by Crippen LogP contribution is -2.52. The number of amides is 1. The minimum atomic E-state index is -0.811. The van der Waals surface area contributed by atoms with Gasteiger partial charge in [0.05, 0.1) is 5.92 Å². The van der Waals surface area contributed by atoms with Crippen LogP contribution in [0.15, 0.2) is 0 Å². The van der Waals surface area contributed by atoms with E-state index in [9.17, 15) is 9.59 Å². The van der Waals surface area contributed by atoms with E-state index in [1.165, 1.54) is 6.92 Å². The van der Waals surface area contributed by atoms with Gasteiger partial charge in [0.2, 0.25) is 5.91 Å². The highest BCUT2D eigenvalue weighted by Gasteiger charge is 2.32. The largest absolute Gasteiger partial charge is 0.481 e. The third-order valence-corrected chi connectivity index (χ3v) is 2.93. The number of carboxylic acids is 1. The van der Waals surface area contributed by atoms with Crippen molar-refractivity contribution >= 4 is 11.9 Å². The minimum Gasteiger partial charge on any atom is -0.481 e. The lowest BCUT2D eigenvalue weighted by atomic mass is 9.94. The van der Waals surface area contributed by atoms with Crippen LogP contribution in [-0.4, -0.2) is 47.6 Å². The van der Waals surface area contributed by atoms with E-state index in [0.717, 1.165) is 13.0 Å². The van der Waals surface area contributed by atoms with E-state index < -0.39 is 11.9 Å². The van der Waals surface area contributed by atoms with E-state index >= 15 is 0 Å². The van der Waals surface area contributed by atoms with Crippen molar-refractivity contribution in [3.05, 3.63) is 0 Å². The summed E-state index contributed by atoms with van der Waals surface area (Å²) in [6, 6.07) is 0.110. The number of hydrogen-bond acceptors (Lipinski definition) is 3. The van der Waals surface area contributed by atoms with Crippen molar-refractivity contribution in [3.8, 4) is 0 Å². The summed E-state index contributed by atoms with van der Waals surface area (Å²) >= 11 is 0. The summed E-state index contributed by atoms with van der Waals surface area (Å²) in [6.45, 7) is 5.38. The van der Waals surface area contributed by atoms with Crippen LogP contribution in [0.1, 0.15) is 26.7 Å². The van der Waals surface area contributed by atoms with Gasteiger partial charge in [0, 0.05) is 26.1 Å². The maximum absolute atomic E-state index is 11.3. The maximum Gasteiger partial charge on any atom is 0.308 e. The highest BCUT2D eigenvalue weighted by atomic mass is 16.4. The van der Waals surface area contributed by atoms with Crippen LogP contribution in [0.2, 0.25) is 0 Å². The molecular weight excluding hydrogens is 208 g/mol. The Balaban J connectivity index is 2.59. The first-order chi connectivity index (χ1) is 7.54. The van der Waals surface area contributed by atoms with E-state index in [-0.39, 0.29) is 11.9 Å². The molecule has 1 aliphatic heterocycles. The van der Waals surface area contributed by atoms with E-state index in [0.29, 0.717) is 19.5 Å². The maximum atomic E-state index is 11.3. The Morgan fingerprint density at radius 2 is 2.12 bits per heavy atom. The van der Waals surface area contributed by atoms with E-state index in [2.05, 4.69) is 12.2 Å². The van der Waals surface area contributed by atoms with E-state index in [1.54, 1.807) is 4.90 Å². The molecule has 0 aromatic carbocycles. The Hall–Kier alpha value is -1.10. The van der Waals surface area contributed by atoms with Crippen molar-refractivity contribution in [1.82, 2.24) is 10.2 Å². The lowest BCUT2D eigenvalue weighted by Gasteiger charge is -2.36. The van der Waals surface area contributed by atoms with Gasteiger partial charge in [-0.3, -0.25) is 9.59 Å². The highest BCUT2D eigenvalue weighted by molar-refractivity contribution is 5.76. The summed E-state index contributed by atoms with van der Waals surface area (Å²) in [5.41, 5.74) is 0. The molecule has 1 amide bonds. The van der Waals surface area contributed by atoms with Crippen molar-refractivity contribution < 1.29 is 14.7 Å². The third kappa shape index (κ3) is 3.48. The molecule has 16 heavy (non-hydrogen) atoms. The molecule has 0 saturated carbocycles. The number of piperidine rings is 1. The van der Waals surface area contributed by atoms with Crippen LogP contribution in [-0.2, 0) is 9.59 Å². The van der Waals surface area contributed by atoms with Gasteiger partial charge in [-0.2, -0.15) is 0 Å². The quantitative estimate of drug-likeness (QED) is 0.726. The molecule has 0 aliphatic carbocycles. The first-order valence-corrected chi connectivity index (χ1v) is 5.76. The molecule has 1 fully saturated rings. The number of carbonyl (C=O) groups is 2. The van der Waals surface area contributed by atoms with Gasteiger partial charge in [0.25, 0.3) is 0 Å². The second-order valence-electron chi connectivity index (χ2n) is 4.35. The molecule has 0 radical (unpaired) electrons. The number of likely N-dealkylation sites (tertiary alicyclic amines) is 1. The highest BCUT2D eigenvalue weighted by Crippen LogP contribution is 2.17. The Kier molecular flexibility index (Phi) is 4.73. The van der Waals surface area contributed by atoms with Gasteiger partial charge in [-0.05, 0) is 19.4 Å². The first-order valence-electron chi connectivity index (χ1n) is 5.76. The second-order valence-corrected chi connectivity index (χ2v) is 4.35. The Bertz CT molecular complexity index is 246. The van der Waals surface area contributed by atoms with E-state index in [1.807, 2.05) is 0 Å². The normalized spacial score (nSPS) is 25.5. The fraction of sp³-hybridized carbons (Fsp3) is 0.818. The molecule has 0 spiro atoms. The Morgan fingerprint density at radius 1 is 1.44 bits per heavy atom. The van der Waals surface area contributed by atoms with Crippen LogP contribution in [0, 0.1) is 5.92 Å². The van der Waals surface area contributed by atoms with Crippen molar-refractivity contribution in [3.63, 3.8) is 0 Å². The average Bonchev–Trinajstić information content (AvgIpc) is 2.25. The third-order valence-electron chi connectivity index (χ3n) is 2.93. The lowest BCUT2D eigenvalue weighted by molar-refractivity contribution is -0.145. The summed E-state index contributed by atoms with van der Waals surface area (Å²) in [5, 5.41) is 12.3. The average molecular weight is 228 g/mol. The zero-order valence-corrected chi connectivity index (χ0v) is 9.90. The molecule has 5 heteroatoms. The summed E-state index contributed by atoms with van der Waals surface area (Å²) in [6.07, 6.45) is 1.62. The number of carbonyl (C=O) groups excluding carboxylic acids is 1. The van der Waals surface area contributed by atoms with Gasteiger partial charge < -0.3 is 15.3 Å². The fourth-order valence-corrected chi connectivity index (χ4v) is 2.03. The van der Waals surface area contributed by atoms with Gasteiger partial charge >= 0.3 is 5.97 Å². The Morgan fingerprint density at radius 3 is 2.62 bits per heavy atom. The zero-order chi connectivity index (χ0) is 12.1. The van der Waals surface area contributed by atoms with Crippen LogP contribution < -0.4 is 5.32 Å². The summed E-state index contributed by atoms with van der Waals surface area (Å²) in [5.74, 6) is -1.30. The standard InChI is InChI=1S/C11H20N2O3/c1-3-4-12-10-5-9(11(15)16)6-13(7-10)8(2)14/h9-10,12H,3-7H2,1-2H3,(H,15,16). The number of carboxylic acid groups (broad SMARTS) is 1. The molecule has 5 nitrogen and oxygen atoms in total. The first kappa shape index (κ1) is 13.0. The minimum absolute atomic E-state index is 0.0470. The van der Waals surface area contributed by atoms with Gasteiger partial charge in [-0.25, -0.2) is 0 Å². The van der Waals surface area contributed by atoms with Crippen LogP contribution in [0.25, 0.3) is 0 Å². The van der Waals surface area contributed by atoms with Crippen LogP contribution >= 0.6 is 0 Å². The molecule has 2 atom stereocenters. The van der Waals surface area contributed by atoms with Crippen LogP contribution in [0.3, 0.4) is 0 Å². The molecule has 0 aromatic rings. The van der Waals surface area contributed by atoms with Crippen molar-refractivity contribution in [2.75, 3.05) is 19.6 Å². The zero-order valence-electron chi connectivity index (χ0n) is 9.90. The van der Waals surface area contributed by atoms with Gasteiger partial charge in [-0.1, -0.05) is 6.92 Å². The molecular formula is C11H20N2O3. The number of aliphatic carboxylic acids is 1. The van der Waals surface area contributed by atoms with E-state index in [4.69, 9.17) is 5.11 Å². The fourth-order valence-electron chi connectivity index (χ4n) is 2.03. The molecule has 1 aliphatic rings. The SMILES string of the molecule is CCCNC1CC(C(=O)O)CN(C(C)=O)C1. The summed E-state index contributed by atoms with van der Waals surface area (Å²) < 4.78 is 0. The Labute approximate surface area is 95.8 Å². The summed E-state index contributed by atoms with van der Waals surface area (Å²) in [4.78, 5) is 23.9. The van der Waals surface area contributed by atoms with Crippen LogP contribution in [0.4, 0.5) is 0 Å². The molecule has 92 valence electrons. The molecule has 1 heterocycles. The topological polar surface area (TPSA) is 69.6 Å². The van der Waals surface area contributed by atoms with Gasteiger partial charge in [-0.15, -0.1) is 0 Å². The van der Waals surface area contributed by atoms with Crippen molar-refractivity contribution in [2.45, 2.75) is 32.7 Å². The van der Waals surface area contributed by atoms with Gasteiger partial charge in [0.15, 0.2) is 0 Å². The molecule has 0 bridgehead atoms. The molecule has 2 unspecified atom stereocenters. The van der Waals surface area contributed by atoms with Crippen molar-refractivity contribution in [2.24, 2.45) is 5.92 Å².